The van der Waals surface area contributed by atoms with Gasteiger partial charge in [-0.25, -0.2) is 9.37 Å². The van der Waals surface area contributed by atoms with Crippen LogP contribution in [0.15, 0.2) is 48.5 Å². The lowest BCUT2D eigenvalue weighted by atomic mass is 10.1. The first-order valence-electron chi connectivity index (χ1n) is 8.64. The molecule has 27 heavy (non-hydrogen) atoms. The van der Waals surface area contributed by atoms with Gasteiger partial charge in [0.15, 0.2) is 0 Å². The summed E-state index contributed by atoms with van der Waals surface area (Å²) in [6, 6.07) is 13.5. The minimum absolute atomic E-state index is 0.0248. The van der Waals surface area contributed by atoms with Crippen molar-refractivity contribution < 1.29 is 18.7 Å². The highest BCUT2D eigenvalue weighted by molar-refractivity contribution is 5.96. The second-order valence-electron chi connectivity index (χ2n) is 6.51. The number of nitrogens with zero attached hydrogens (tertiary/aromatic N) is 3. The highest BCUT2D eigenvalue weighted by Crippen LogP contribution is 2.33. The topological polar surface area (TPSA) is 64.4 Å². The molecule has 7 heteroatoms. The lowest BCUT2D eigenvalue weighted by molar-refractivity contribution is -0.141. The number of para-hydroxylation sites is 2. The first kappa shape index (κ1) is 17.2. The number of carbonyl (C=O) groups excluding carboxylic acids is 2. The number of methoxy groups -OCH3 is 1. The molecule has 1 saturated heterocycles. The summed E-state index contributed by atoms with van der Waals surface area (Å²) >= 11 is 0. The number of anilines is 1. The van der Waals surface area contributed by atoms with Gasteiger partial charge in [0.1, 0.15) is 18.2 Å². The smallest absolute Gasteiger partial charge is 0.325 e. The third kappa shape index (κ3) is 3.16. The van der Waals surface area contributed by atoms with E-state index in [-0.39, 0.29) is 36.6 Å². The Labute approximate surface area is 155 Å². The molecule has 3 aromatic rings. The summed E-state index contributed by atoms with van der Waals surface area (Å²) in [5, 5.41) is 0. The van der Waals surface area contributed by atoms with Crippen LogP contribution in [0.1, 0.15) is 18.2 Å². The Morgan fingerprint density at radius 2 is 2.07 bits per heavy atom. The number of amides is 1. The summed E-state index contributed by atoms with van der Waals surface area (Å²) in [6.45, 7) is 0.407. The van der Waals surface area contributed by atoms with Crippen molar-refractivity contribution >= 4 is 28.6 Å². The van der Waals surface area contributed by atoms with Gasteiger partial charge in [-0.05, 0) is 30.3 Å². The zero-order valence-electron chi connectivity index (χ0n) is 14.8. The molecule has 0 radical (unpaired) electrons. The molecule has 0 aliphatic carbocycles. The van der Waals surface area contributed by atoms with Gasteiger partial charge in [0, 0.05) is 24.6 Å². The van der Waals surface area contributed by atoms with Crippen LogP contribution in [-0.4, -0.2) is 35.1 Å². The van der Waals surface area contributed by atoms with E-state index >= 15 is 0 Å². The van der Waals surface area contributed by atoms with Crippen LogP contribution in [0, 0.1) is 5.82 Å². The van der Waals surface area contributed by atoms with Crippen molar-refractivity contribution in [3.63, 3.8) is 0 Å². The second kappa shape index (κ2) is 6.83. The van der Waals surface area contributed by atoms with Gasteiger partial charge in [0.05, 0.1) is 18.1 Å². The predicted molar refractivity (Wildman–Crippen MR) is 97.9 cm³/mol. The number of rotatable bonds is 4. The molecule has 1 fully saturated rings. The number of benzene rings is 2. The van der Waals surface area contributed by atoms with Crippen LogP contribution in [0.2, 0.25) is 0 Å². The molecule has 0 N–H and O–H groups in total. The van der Waals surface area contributed by atoms with Crippen molar-refractivity contribution in [2.45, 2.75) is 18.9 Å². The molecule has 1 aromatic heterocycles. The minimum atomic E-state index is -0.387. The largest absolute Gasteiger partial charge is 0.468 e. The molecule has 0 saturated carbocycles. The molecule has 1 unspecified atom stereocenters. The molecule has 4 rings (SSSR count). The zero-order chi connectivity index (χ0) is 19.0. The second-order valence-corrected chi connectivity index (χ2v) is 6.51. The van der Waals surface area contributed by atoms with Gasteiger partial charge < -0.3 is 14.2 Å². The van der Waals surface area contributed by atoms with E-state index < -0.39 is 0 Å². The van der Waals surface area contributed by atoms with Crippen molar-refractivity contribution in [2.75, 3.05) is 18.6 Å². The number of hydrogen-bond acceptors (Lipinski definition) is 4. The lowest BCUT2D eigenvalue weighted by Crippen LogP contribution is -2.24. The van der Waals surface area contributed by atoms with Gasteiger partial charge in [-0.15, -0.1) is 0 Å². The van der Waals surface area contributed by atoms with Crippen LogP contribution in [0.5, 0.6) is 0 Å². The Hall–Kier alpha value is -3.22. The molecule has 0 spiro atoms. The van der Waals surface area contributed by atoms with Crippen molar-refractivity contribution in [3.8, 4) is 0 Å². The summed E-state index contributed by atoms with van der Waals surface area (Å²) in [7, 11) is 1.34. The van der Waals surface area contributed by atoms with E-state index in [1.165, 1.54) is 19.2 Å². The number of carbonyl (C=O) groups is 2. The van der Waals surface area contributed by atoms with Crippen LogP contribution in [0.3, 0.4) is 0 Å². The van der Waals surface area contributed by atoms with E-state index in [1.54, 1.807) is 21.6 Å². The number of esters is 1. The van der Waals surface area contributed by atoms with Gasteiger partial charge in [-0.3, -0.25) is 9.59 Å². The van der Waals surface area contributed by atoms with Gasteiger partial charge in [-0.1, -0.05) is 18.2 Å². The summed E-state index contributed by atoms with van der Waals surface area (Å²) < 4.78 is 20.2. The van der Waals surface area contributed by atoms with Gasteiger partial charge in [0.2, 0.25) is 5.91 Å². The molecule has 1 atom stereocenters. The number of halogens is 1. The van der Waals surface area contributed by atoms with E-state index in [2.05, 4.69) is 4.98 Å². The number of imidazole rings is 1. The van der Waals surface area contributed by atoms with Crippen LogP contribution in [0.4, 0.5) is 10.1 Å². The predicted octanol–water partition coefficient (Wildman–Crippen LogP) is 2.87. The highest BCUT2D eigenvalue weighted by atomic mass is 19.1. The molecule has 2 heterocycles. The minimum Gasteiger partial charge on any atom is -0.468 e. The van der Waals surface area contributed by atoms with Crippen molar-refractivity contribution in [1.82, 2.24) is 9.55 Å². The summed E-state index contributed by atoms with van der Waals surface area (Å²) in [6.07, 6.45) is 0.251. The number of hydrogen-bond donors (Lipinski definition) is 0. The quantitative estimate of drug-likeness (QED) is 0.665. The summed E-state index contributed by atoms with van der Waals surface area (Å²) in [5.41, 5.74) is 2.10. The Balaban J connectivity index is 1.71. The van der Waals surface area contributed by atoms with E-state index in [9.17, 15) is 14.0 Å². The molecule has 1 aliphatic rings. The normalized spacial score (nSPS) is 16.9. The Morgan fingerprint density at radius 1 is 1.26 bits per heavy atom. The van der Waals surface area contributed by atoms with Crippen LogP contribution in [0.25, 0.3) is 11.0 Å². The molecule has 6 nitrogen and oxygen atoms in total. The monoisotopic (exact) mass is 367 g/mol. The summed E-state index contributed by atoms with van der Waals surface area (Å²) in [5.74, 6) is -0.402. The van der Waals surface area contributed by atoms with Crippen LogP contribution in [-0.2, 0) is 20.9 Å². The fourth-order valence-electron chi connectivity index (χ4n) is 3.54. The third-order valence-corrected chi connectivity index (χ3v) is 4.81. The number of ether oxygens (including phenoxy) is 1. The van der Waals surface area contributed by atoms with Crippen molar-refractivity contribution in [1.29, 1.82) is 0 Å². The zero-order valence-corrected chi connectivity index (χ0v) is 14.8. The molecular formula is C20H18FN3O3. The molecule has 1 amide bonds. The van der Waals surface area contributed by atoms with Crippen LogP contribution >= 0.6 is 0 Å². The first-order chi connectivity index (χ1) is 13.1. The van der Waals surface area contributed by atoms with E-state index in [4.69, 9.17) is 4.74 Å². The van der Waals surface area contributed by atoms with Gasteiger partial charge in [0.25, 0.3) is 0 Å². The highest BCUT2D eigenvalue weighted by Gasteiger charge is 2.35. The number of aromatic nitrogens is 2. The number of fused-ring (bicyclic) bond motifs is 1. The van der Waals surface area contributed by atoms with E-state index in [0.717, 1.165) is 11.0 Å². The lowest BCUT2D eigenvalue weighted by Gasteiger charge is -2.17. The Kier molecular flexibility index (Phi) is 4.35. The van der Waals surface area contributed by atoms with E-state index in [0.29, 0.717) is 18.1 Å². The Morgan fingerprint density at radius 3 is 2.85 bits per heavy atom. The maximum atomic E-state index is 13.5. The molecule has 138 valence electrons. The molecule has 0 bridgehead atoms. The maximum Gasteiger partial charge on any atom is 0.325 e. The SMILES string of the molecule is COC(=O)Cn1c(C2CC(=O)N(c3cccc(F)c3)C2)nc2ccccc21. The van der Waals surface area contributed by atoms with Crippen molar-refractivity contribution in [3.05, 3.63) is 60.2 Å². The average Bonchev–Trinajstić information content (AvgIpc) is 3.22. The van der Waals surface area contributed by atoms with Crippen molar-refractivity contribution in [2.24, 2.45) is 0 Å². The first-order valence-corrected chi connectivity index (χ1v) is 8.64. The summed E-state index contributed by atoms with van der Waals surface area (Å²) in [4.78, 5) is 30.7. The average molecular weight is 367 g/mol. The molecule has 2 aromatic carbocycles. The fourth-order valence-corrected chi connectivity index (χ4v) is 3.54. The van der Waals surface area contributed by atoms with Crippen LogP contribution < -0.4 is 4.90 Å². The standard InChI is InChI=1S/C20H18FN3O3/c1-27-19(26)12-24-17-8-3-2-7-16(17)22-20(24)13-9-18(25)23(11-13)15-6-4-5-14(21)10-15/h2-8,10,13H,9,11-12H2,1H3. The molecular weight excluding hydrogens is 349 g/mol. The molecule has 1 aliphatic heterocycles. The fraction of sp³-hybridized carbons (Fsp3) is 0.250. The third-order valence-electron chi connectivity index (χ3n) is 4.81. The van der Waals surface area contributed by atoms with Gasteiger partial charge >= 0.3 is 5.97 Å². The Bertz CT molecular complexity index is 1030. The van der Waals surface area contributed by atoms with E-state index in [1.807, 2.05) is 24.3 Å². The van der Waals surface area contributed by atoms with Gasteiger partial charge in [-0.2, -0.15) is 0 Å². The maximum absolute atomic E-state index is 13.5.